The third kappa shape index (κ3) is 2.83. The summed E-state index contributed by atoms with van der Waals surface area (Å²) in [5.41, 5.74) is -0.245. The topological polar surface area (TPSA) is 26.3 Å². The van der Waals surface area contributed by atoms with Crippen LogP contribution in [0, 0.1) is 23.2 Å². The van der Waals surface area contributed by atoms with E-state index < -0.39 is 0 Å². The highest BCUT2D eigenvalue weighted by atomic mass is 35.5. The van der Waals surface area contributed by atoms with Gasteiger partial charge in [0.25, 0.3) is 0 Å². The molecular weight excluding hydrogens is 346 g/mol. The average Bonchev–Trinajstić information content (AvgIpc) is 2.56. The van der Waals surface area contributed by atoms with E-state index in [1.165, 1.54) is 56.1 Å². The van der Waals surface area contributed by atoms with Gasteiger partial charge in [0, 0.05) is 17.2 Å². The molecule has 4 bridgehead atoms. The molecule has 0 aromatic heterocycles. The number of carbonyl (C=O) groups excluding carboxylic acids is 1. The largest absolute Gasteiger partial charge is 0.465 e. The van der Waals surface area contributed by atoms with Crippen molar-refractivity contribution in [2.24, 2.45) is 23.2 Å². The number of hydrogen-bond donors (Lipinski definition) is 0. The maximum absolute atomic E-state index is 13.2. The molecule has 2 heterocycles. The van der Waals surface area contributed by atoms with Gasteiger partial charge in [-0.3, -0.25) is 4.79 Å². The summed E-state index contributed by atoms with van der Waals surface area (Å²) >= 11 is 6.91. The number of rotatable bonds is 3. The van der Waals surface area contributed by atoms with Crippen LogP contribution in [0.15, 0.2) is 0 Å². The standard InChI is InChI=1S/C22H35ClNO2/c1-24-7-3-2-6-19(24)18(5-4-8-24)14-26-20(25)21-10-16-9-17(11-21)13-22(23,12-16)15-21/h16-19H,2-15H2,1H3/q+1/t16-,17-,18+,19-,21?,22?,24-/m1/s1. The zero-order valence-electron chi connectivity index (χ0n) is 16.4. The molecule has 146 valence electrons. The second-order valence-electron chi connectivity index (χ2n) is 10.9. The Morgan fingerprint density at radius 3 is 2.54 bits per heavy atom. The lowest BCUT2D eigenvalue weighted by Gasteiger charge is -2.58. The minimum atomic E-state index is -0.245. The summed E-state index contributed by atoms with van der Waals surface area (Å²) in [5, 5.41) is 0. The summed E-state index contributed by atoms with van der Waals surface area (Å²) in [5.74, 6) is 1.99. The average molecular weight is 381 g/mol. The van der Waals surface area contributed by atoms with Crippen LogP contribution in [0.1, 0.15) is 70.6 Å². The van der Waals surface area contributed by atoms with Crippen molar-refractivity contribution < 1.29 is 14.0 Å². The fraction of sp³-hybridized carbons (Fsp3) is 0.955. The third-order valence-corrected chi connectivity index (χ3v) is 9.30. The summed E-state index contributed by atoms with van der Waals surface area (Å²) in [6.07, 6.45) is 13.1. The lowest BCUT2D eigenvalue weighted by molar-refractivity contribution is -0.947. The van der Waals surface area contributed by atoms with Gasteiger partial charge in [-0.2, -0.15) is 0 Å². The molecule has 6 rings (SSSR count). The fourth-order valence-corrected chi connectivity index (χ4v) is 8.85. The number of alkyl halides is 1. The Morgan fingerprint density at radius 1 is 1.08 bits per heavy atom. The first-order valence-electron chi connectivity index (χ1n) is 11.1. The van der Waals surface area contributed by atoms with Gasteiger partial charge in [-0.15, -0.1) is 11.6 Å². The van der Waals surface area contributed by atoms with E-state index in [0.717, 1.165) is 32.1 Å². The second kappa shape index (κ2) is 6.11. The molecule has 0 spiro atoms. The monoisotopic (exact) mass is 380 g/mol. The first-order valence-corrected chi connectivity index (χ1v) is 11.5. The van der Waals surface area contributed by atoms with Gasteiger partial charge >= 0.3 is 5.97 Å². The van der Waals surface area contributed by atoms with Crippen molar-refractivity contribution in [1.82, 2.24) is 0 Å². The SMILES string of the molecule is C[N@+]12CCCC[C@@H]1[C@H](COC(=O)C13C[C@H]4C[C@@H](CC(Cl)(C4)C1)C3)CCC2. The van der Waals surface area contributed by atoms with Crippen molar-refractivity contribution in [3.63, 3.8) is 0 Å². The van der Waals surface area contributed by atoms with Crippen LogP contribution in [0.2, 0.25) is 0 Å². The summed E-state index contributed by atoms with van der Waals surface area (Å²) in [7, 11) is 2.44. The lowest BCUT2D eigenvalue weighted by atomic mass is 9.49. The molecule has 4 aliphatic carbocycles. The van der Waals surface area contributed by atoms with Crippen molar-refractivity contribution in [2.45, 2.75) is 81.5 Å². The molecule has 4 saturated carbocycles. The van der Waals surface area contributed by atoms with E-state index in [4.69, 9.17) is 16.3 Å². The van der Waals surface area contributed by atoms with Crippen molar-refractivity contribution in [3.05, 3.63) is 0 Å². The Bertz CT molecular complexity index is 575. The molecule has 0 unspecified atom stereocenters. The van der Waals surface area contributed by atoms with Crippen LogP contribution in [0.4, 0.5) is 0 Å². The number of carbonyl (C=O) groups is 1. The predicted molar refractivity (Wildman–Crippen MR) is 103 cm³/mol. The van der Waals surface area contributed by atoms with Crippen LogP contribution in [0.3, 0.4) is 0 Å². The number of nitrogens with zero attached hydrogens (tertiary/aromatic N) is 1. The second-order valence-corrected chi connectivity index (χ2v) is 11.7. The molecule has 0 radical (unpaired) electrons. The molecule has 0 N–H and O–H groups in total. The Balaban J connectivity index is 1.26. The van der Waals surface area contributed by atoms with Crippen molar-refractivity contribution >= 4 is 17.6 Å². The molecule has 5 atom stereocenters. The summed E-state index contributed by atoms with van der Waals surface area (Å²) in [4.78, 5) is 13.1. The molecule has 4 heteroatoms. The van der Waals surface area contributed by atoms with Crippen molar-refractivity contribution in [1.29, 1.82) is 0 Å². The molecule has 6 aliphatic rings. The Kier molecular flexibility index (Phi) is 4.18. The normalized spacial score (nSPS) is 52.5. The maximum Gasteiger partial charge on any atom is 0.312 e. The number of piperidine rings is 2. The quantitative estimate of drug-likeness (QED) is 0.409. The number of halogens is 1. The van der Waals surface area contributed by atoms with Crippen LogP contribution in [0.25, 0.3) is 0 Å². The molecule has 3 nitrogen and oxygen atoms in total. The predicted octanol–water partition coefficient (Wildman–Crippen LogP) is 4.52. The number of quaternary nitrogens is 1. The summed E-state index contributed by atoms with van der Waals surface area (Å²) in [6.45, 7) is 3.29. The lowest BCUT2D eigenvalue weighted by Crippen LogP contribution is -2.61. The van der Waals surface area contributed by atoms with Crippen LogP contribution in [-0.4, -0.2) is 48.1 Å². The molecule has 0 aromatic carbocycles. The van der Waals surface area contributed by atoms with E-state index in [-0.39, 0.29) is 16.3 Å². The van der Waals surface area contributed by atoms with Crippen molar-refractivity contribution in [2.75, 3.05) is 26.7 Å². The fourth-order valence-electron chi connectivity index (χ4n) is 8.15. The maximum atomic E-state index is 13.2. The molecule has 0 amide bonds. The highest BCUT2D eigenvalue weighted by Crippen LogP contribution is 2.64. The number of ether oxygens (including phenoxy) is 1. The van der Waals surface area contributed by atoms with Crippen LogP contribution in [0.5, 0.6) is 0 Å². The van der Waals surface area contributed by atoms with E-state index in [9.17, 15) is 4.79 Å². The third-order valence-electron chi connectivity index (χ3n) is 8.86. The Morgan fingerprint density at radius 2 is 1.81 bits per heavy atom. The zero-order chi connectivity index (χ0) is 18.0. The number of hydrogen-bond acceptors (Lipinski definition) is 2. The van der Waals surface area contributed by atoms with E-state index in [0.29, 0.717) is 30.4 Å². The minimum Gasteiger partial charge on any atom is -0.465 e. The van der Waals surface area contributed by atoms with E-state index in [1.54, 1.807) is 0 Å². The molecule has 2 saturated heterocycles. The smallest absolute Gasteiger partial charge is 0.312 e. The summed E-state index contributed by atoms with van der Waals surface area (Å²) < 4.78 is 7.32. The van der Waals surface area contributed by atoms with Gasteiger partial charge in [-0.05, 0) is 76.0 Å². The van der Waals surface area contributed by atoms with Gasteiger partial charge < -0.3 is 9.22 Å². The van der Waals surface area contributed by atoms with Gasteiger partial charge in [0.05, 0.1) is 38.2 Å². The Labute approximate surface area is 163 Å². The minimum absolute atomic E-state index is 0.104. The molecule has 2 aliphatic heterocycles. The molecule has 6 fully saturated rings. The van der Waals surface area contributed by atoms with Gasteiger partial charge in [0.2, 0.25) is 0 Å². The Hall–Kier alpha value is -0.280. The molecule has 26 heavy (non-hydrogen) atoms. The first kappa shape index (κ1) is 17.8. The van der Waals surface area contributed by atoms with Gasteiger partial charge in [-0.25, -0.2) is 0 Å². The van der Waals surface area contributed by atoms with Crippen LogP contribution >= 0.6 is 11.6 Å². The highest BCUT2D eigenvalue weighted by molar-refractivity contribution is 6.24. The van der Waals surface area contributed by atoms with E-state index in [1.807, 2.05) is 0 Å². The van der Waals surface area contributed by atoms with E-state index >= 15 is 0 Å². The number of fused-ring (bicyclic) bond motifs is 1. The van der Waals surface area contributed by atoms with E-state index in [2.05, 4.69) is 7.05 Å². The van der Waals surface area contributed by atoms with Crippen molar-refractivity contribution in [3.8, 4) is 0 Å². The van der Waals surface area contributed by atoms with Gasteiger partial charge in [0.15, 0.2) is 0 Å². The number of esters is 1. The summed E-state index contributed by atoms with van der Waals surface area (Å²) in [6, 6.07) is 0.709. The van der Waals surface area contributed by atoms with Gasteiger partial charge in [0.1, 0.15) is 0 Å². The van der Waals surface area contributed by atoms with Crippen LogP contribution < -0.4 is 0 Å². The first-order chi connectivity index (χ1) is 12.4. The van der Waals surface area contributed by atoms with Gasteiger partial charge in [-0.1, -0.05) is 0 Å². The molecular formula is C22H35ClNO2+. The highest BCUT2D eigenvalue weighted by Gasteiger charge is 2.61. The zero-order valence-corrected chi connectivity index (χ0v) is 17.1. The molecule has 0 aromatic rings. The van der Waals surface area contributed by atoms with Crippen LogP contribution in [-0.2, 0) is 9.53 Å².